The van der Waals surface area contributed by atoms with Crippen LogP contribution >= 0.6 is 0 Å². The zero-order valence-electron chi connectivity index (χ0n) is 23.1. The molecular weight excluding hydrogens is 480 g/mol. The Balaban J connectivity index is 2.32. The monoisotopic (exact) mass is 520 g/mol. The summed E-state index contributed by atoms with van der Waals surface area (Å²) in [6.45, 7) is 17.1. The fourth-order valence-corrected chi connectivity index (χ4v) is 7.09. The van der Waals surface area contributed by atoms with Crippen LogP contribution in [0.1, 0.15) is 74.7 Å². The van der Waals surface area contributed by atoms with E-state index in [-0.39, 0.29) is 5.92 Å². The van der Waals surface area contributed by atoms with E-state index in [1.807, 2.05) is 20.8 Å². The number of aliphatic hydroxyl groups excluding tert-OH is 1. The van der Waals surface area contributed by atoms with Gasteiger partial charge in [0.05, 0.1) is 6.10 Å². The normalized spacial score (nSPS) is 36.9. The van der Waals surface area contributed by atoms with Crippen molar-refractivity contribution in [2.75, 3.05) is 0 Å². The largest absolute Gasteiger partial charge is 0.458 e. The maximum absolute atomic E-state index is 12.5. The summed E-state index contributed by atoms with van der Waals surface area (Å²) in [5, 5.41) is 11.6. The van der Waals surface area contributed by atoms with E-state index in [0.717, 1.165) is 0 Å². The lowest BCUT2D eigenvalue weighted by Gasteiger charge is -2.58. The topological polar surface area (TPSA) is 125 Å². The first-order valence-corrected chi connectivity index (χ1v) is 12.8. The summed E-state index contributed by atoms with van der Waals surface area (Å²) in [4.78, 5) is 48.7. The van der Waals surface area contributed by atoms with E-state index in [1.54, 1.807) is 6.92 Å². The molecule has 0 radical (unpaired) electrons. The highest BCUT2D eigenvalue weighted by Crippen LogP contribution is 2.60. The molecule has 8 unspecified atom stereocenters. The van der Waals surface area contributed by atoms with E-state index in [4.69, 9.17) is 18.9 Å². The van der Waals surface area contributed by atoms with E-state index in [9.17, 15) is 24.3 Å². The fourth-order valence-electron chi connectivity index (χ4n) is 7.09. The van der Waals surface area contributed by atoms with Crippen LogP contribution in [0.15, 0.2) is 23.3 Å². The first-order chi connectivity index (χ1) is 17.0. The number of esters is 4. The van der Waals surface area contributed by atoms with Gasteiger partial charge >= 0.3 is 23.9 Å². The van der Waals surface area contributed by atoms with Gasteiger partial charge in [0.15, 0.2) is 6.10 Å². The molecule has 9 heteroatoms. The van der Waals surface area contributed by atoms with Gasteiger partial charge in [0.25, 0.3) is 0 Å². The SMILES string of the molecule is C=C1C(OC(C)=O)CCC2(C)C1CC1C(O)C(OC(C)=O)C(C)=C(C(OC(C)=O)C2OC(C)=O)C1(C)C. The lowest BCUT2D eigenvalue weighted by molar-refractivity contribution is -0.191. The van der Waals surface area contributed by atoms with E-state index >= 15 is 0 Å². The number of hydrogen-bond donors (Lipinski definition) is 1. The van der Waals surface area contributed by atoms with Crippen LogP contribution < -0.4 is 0 Å². The summed E-state index contributed by atoms with van der Waals surface area (Å²) in [5.74, 6) is -2.88. The number of carbonyl (C=O) groups is 4. The van der Waals surface area contributed by atoms with Crippen molar-refractivity contribution in [3.8, 4) is 0 Å². The molecule has 3 aliphatic rings. The minimum atomic E-state index is -1.04. The summed E-state index contributed by atoms with van der Waals surface area (Å²) < 4.78 is 23.1. The molecule has 2 fully saturated rings. The Kier molecular flexibility index (Phi) is 7.99. The standard InChI is InChI=1S/C28H40O9/c1-13-19-12-20-23(33)24(35-16(4)30)14(2)22(27(20,7)8)25(36-17(5)31)26(37-18(6)32)28(19,9)11-10-21(13)34-15(3)29/h19-21,23-26,33H,1,10-12H2,2-9H3. The van der Waals surface area contributed by atoms with Crippen LogP contribution in [-0.4, -0.2) is 59.5 Å². The molecule has 0 aromatic heterocycles. The Labute approximate surface area is 218 Å². The molecule has 8 atom stereocenters. The maximum atomic E-state index is 12.5. The second-order valence-corrected chi connectivity index (χ2v) is 11.5. The third-order valence-electron chi connectivity index (χ3n) is 8.68. The lowest BCUT2D eigenvalue weighted by atomic mass is 9.50. The molecule has 2 bridgehead atoms. The molecule has 1 N–H and O–H groups in total. The van der Waals surface area contributed by atoms with Gasteiger partial charge in [-0.05, 0) is 60.2 Å². The fraction of sp³-hybridized carbons (Fsp3) is 0.714. The lowest BCUT2D eigenvalue weighted by Crippen LogP contribution is -2.62. The Hall–Kier alpha value is -2.68. The van der Waals surface area contributed by atoms with Crippen molar-refractivity contribution in [1.29, 1.82) is 0 Å². The Morgan fingerprint density at radius 1 is 0.865 bits per heavy atom. The van der Waals surface area contributed by atoms with Crippen molar-refractivity contribution in [1.82, 2.24) is 0 Å². The number of rotatable bonds is 4. The number of fused-ring (bicyclic) bond motifs is 3. The molecule has 2 saturated carbocycles. The van der Waals surface area contributed by atoms with E-state index in [0.29, 0.717) is 36.0 Å². The van der Waals surface area contributed by atoms with Gasteiger partial charge in [-0.25, -0.2) is 0 Å². The highest BCUT2D eigenvalue weighted by molar-refractivity contribution is 5.69. The molecule has 0 heterocycles. The van der Waals surface area contributed by atoms with Crippen LogP contribution in [0.25, 0.3) is 0 Å². The minimum Gasteiger partial charge on any atom is -0.458 e. The average molecular weight is 521 g/mol. The van der Waals surface area contributed by atoms with Crippen LogP contribution in [-0.2, 0) is 38.1 Å². The molecule has 9 nitrogen and oxygen atoms in total. The number of ether oxygens (including phenoxy) is 4. The molecule has 0 amide bonds. The Morgan fingerprint density at radius 3 is 1.89 bits per heavy atom. The third-order valence-corrected chi connectivity index (χ3v) is 8.68. The zero-order valence-corrected chi connectivity index (χ0v) is 23.1. The van der Waals surface area contributed by atoms with Crippen molar-refractivity contribution in [3.05, 3.63) is 23.3 Å². The molecule has 0 saturated heterocycles. The molecular formula is C28H40O9. The van der Waals surface area contributed by atoms with Gasteiger partial charge in [0, 0.05) is 33.1 Å². The van der Waals surface area contributed by atoms with Crippen molar-refractivity contribution in [2.45, 2.75) is 105 Å². The summed E-state index contributed by atoms with van der Waals surface area (Å²) in [6, 6.07) is 0. The Bertz CT molecular complexity index is 1020. The van der Waals surface area contributed by atoms with Crippen LogP contribution in [0.4, 0.5) is 0 Å². The minimum absolute atomic E-state index is 0.370. The van der Waals surface area contributed by atoms with Crippen molar-refractivity contribution in [2.24, 2.45) is 22.7 Å². The van der Waals surface area contributed by atoms with Gasteiger partial charge in [0.2, 0.25) is 0 Å². The molecule has 0 spiro atoms. The number of aliphatic hydroxyl groups is 1. The molecule has 0 aromatic carbocycles. The van der Waals surface area contributed by atoms with E-state index in [2.05, 4.69) is 6.58 Å². The van der Waals surface area contributed by atoms with E-state index < -0.39 is 71.1 Å². The smallest absolute Gasteiger partial charge is 0.303 e. The zero-order chi connectivity index (χ0) is 28.0. The number of hydrogen-bond acceptors (Lipinski definition) is 9. The van der Waals surface area contributed by atoms with Crippen LogP contribution in [0.5, 0.6) is 0 Å². The van der Waals surface area contributed by atoms with E-state index in [1.165, 1.54) is 27.7 Å². The Morgan fingerprint density at radius 2 is 1.38 bits per heavy atom. The second-order valence-electron chi connectivity index (χ2n) is 11.5. The summed E-state index contributed by atoms with van der Waals surface area (Å²) in [5.41, 5.74) is 0.400. The first-order valence-electron chi connectivity index (χ1n) is 12.8. The van der Waals surface area contributed by atoms with Gasteiger partial charge in [-0.15, -0.1) is 0 Å². The van der Waals surface area contributed by atoms with Crippen LogP contribution in [0.2, 0.25) is 0 Å². The van der Waals surface area contributed by atoms with Gasteiger partial charge < -0.3 is 24.1 Å². The summed E-state index contributed by atoms with van der Waals surface area (Å²) >= 11 is 0. The molecule has 206 valence electrons. The molecule has 3 rings (SSSR count). The van der Waals surface area contributed by atoms with Crippen molar-refractivity contribution >= 4 is 23.9 Å². The first kappa shape index (κ1) is 28.9. The van der Waals surface area contributed by atoms with Crippen LogP contribution in [0.3, 0.4) is 0 Å². The summed E-state index contributed by atoms with van der Waals surface area (Å²) in [7, 11) is 0. The van der Waals surface area contributed by atoms with Crippen molar-refractivity contribution < 1.29 is 43.2 Å². The van der Waals surface area contributed by atoms with Crippen LogP contribution in [0, 0.1) is 22.7 Å². The van der Waals surface area contributed by atoms with Gasteiger partial charge in [-0.1, -0.05) is 27.4 Å². The highest BCUT2D eigenvalue weighted by atomic mass is 16.6. The van der Waals surface area contributed by atoms with Gasteiger partial charge in [-0.3, -0.25) is 19.2 Å². The summed E-state index contributed by atoms with van der Waals surface area (Å²) in [6.07, 6.45) is -3.08. The average Bonchev–Trinajstić information content (AvgIpc) is 2.74. The quantitative estimate of drug-likeness (QED) is 0.337. The van der Waals surface area contributed by atoms with Gasteiger partial charge in [-0.2, -0.15) is 0 Å². The predicted molar refractivity (Wildman–Crippen MR) is 133 cm³/mol. The molecule has 0 aromatic rings. The maximum Gasteiger partial charge on any atom is 0.303 e. The number of carbonyl (C=O) groups excluding carboxylic acids is 4. The van der Waals surface area contributed by atoms with Crippen molar-refractivity contribution in [3.63, 3.8) is 0 Å². The van der Waals surface area contributed by atoms with Gasteiger partial charge in [0.1, 0.15) is 18.3 Å². The molecule has 37 heavy (non-hydrogen) atoms. The molecule has 3 aliphatic carbocycles. The second kappa shape index (κ2) is 10.2. The predicted octanol–water partition coefficient (Wildman–Crippen LogP) is 3.42. The highest BCUT2D eigenvalue weighted by Gasteiger charge is 2.62. The third kappa shape index (κ3) is 5.19. The molecule has 0 aliphatic heterocycles.